The quantitative estimate of drug-likeness (QED) is 0.645. The summed E-state index contributed by atoms with van der Waals surface area (Å²) in [5, 5.41) is 11.0. The summed E-state index contributed by atoms with van der Waals surface area (Å²) < 4.78 is 0. The predicted molar refractivity (Wildman–Crippen MR) is 80.2 cm³/mol. The third-order valence-electron chi connectivity index (χ3n) is 3.83. The molecule has 1 aromatic carbocycles. The first-order valence-corrected chi connectivity index (χ1v) is 6.98. The number of hydrogen-bond acceptors (Lipinski definition) is 5. The summed E-state index contributed by atoms with van der Waals surface area (Å²) >= 11 is 0. The number of nitro benzene ring substituents is 1. The van der Waals surface area contributed by atoms with Crippen molar-refractivity contribution in [1.29, 1.82) is 0 Å². The zero-order valence-electron chi connectivity index (χ0n) is 12.1. The lowest BCUT2D eigenvalue weighted by Crippen LogP contribution is -2.44. The molecule has 0 saturated carbocycles. The first-order valence-electron chi connectivity index (χ1n) is 6.98. The van der Waals surface area contributed by atoms with Crippen LogP contribution < -0.4 is 10.6 Å². The molecule has 7 nitrogen and oxygen atoms in total. The van der Waals surface area contributed by atoms with E-state index in [4.69, 9.17) is 5.73 Å². The van der Waals surface area contributed by atoms with Gasteiger partial charge in [-0.3, -0.25) is 14.9 Å². The van der Waals surface area contributed by atoms with Crippen LogP contribution in [0.2, 0.25) is 0 Å². The Morgan fingerprint density at radius 3 is 2.90 bits per heavy atom. The number of carbonyl (C=O) groups excluding carboxylic acids is 1. The van der Waals surface area contributed by atoms with Gasteiger partial charge >= 0.3 is 0 Å². The lowest BCUT2D eigenvalue weighted by molar-refractivity contribution is -0.384. The van der Waals surface area contributed by atoms with Crippen LogP contribution >= 0.6 is 0 Å². The van der Waals surface area contributed by atoms with Gasteiger partial charge in [0.1, 0.15) is 5.69 Å². The Kier molecular flexibility index (Phi) is 4.74. The van der Waals surface area contributed by atoms with E-state index in [0.717, 1.165) is 12.8 Å². The van der Waals surface area contributed by atoms with Crippen molar-refractivity contribution in [3.8, 4) is 0 Å². The van der Waals surface area contributed by atoms with Crippen molar-refractivity contribution in [2.24, 2.45) is 5.73 Å². The van der Waals surface area contributed by atoms with Gasteiger partial charge in [0.2, 0.25) is 5.91 Å². The molecule has 2 rings (SSSR count). The number of amides is 1. The molecular weight excluding hydrogens is 272 g/mol. The molecule has 21 heavy (non-hydrogen) atoms. The zero-order valence-corrected chi connectivity index (χ0v) is 12.1. The molecule has 1 aromatic rings. The molecule has 1 heterocycles. The monoisotopic (exact) mass is 292 g/mol. The van der Waals surface area contributed by atoms with Gasteiger partial charge in [0.05, 0.1) is 11.5 Å². The fraction of sp³-hybridized carbons (Fsp3) is 0.500. The molecule has 2 N–H and O–H groups in total. The number of nitrogens with two attached hydrogens (primary N) is 1. The molecule has 0 radical (unpaired) electrons. The molecule has 7 heteroatoms. The Balaban J connectivity index is 2.09. The number of benzene rings is 1. The number of anilines is 1. The molecule has 1 aliphatic heterocycles. The lowest BCUT2D eigenvalue weighted by Gasteiger charge is -2.27. The normalized spacial score (nSPS) is 17.8. The van der Waals surface area contributed by atoms with E-state index in [-0.39, 0.29) is 24.2 Å². The van der Waals surface area contributed by atoms with Gasteiger partial charge in [-0.05, 0) is 18.9 Å². The number of para-hydroxylation sites is 2. The van der Waals surface area contributed by atoms with E-state index in [1.807, 2.05) is 0 Å². The maximum Gasteiger partial charge on any atom is 0.292 e. The molecule has 0 bridgehead atoms. The molecule has 1 fully saturated rings. The summed E-state index contributed by atoms with van der Waals surface area (Å²) in [7, 11) is 1.69. The number of nitro groups is 1. The van der Waals surface area contributed by atoms with Gasteiger partial charge in [0, 0.05) is 32.2 Å². The predicted octanol–water partition coefficient (Wildman–Crippen LogP) is 0.981. The molecule has 0 aromatic heterocycles. The van der Waals surface area contributed by atoms with E-state index in [9.17, 15) is 14.9 Å². The minimum Gasteiger partial charge on any atom is -0.360 e. The Bertz CT molecular complexity index is 535. The van der Waals surface area contributed by atoms with E-state index in [0.29, 0.717) is 18.8 Å². The van der Waals surface area contributed by atoms with Gasteiger partial charge in [0.25, 0.3) is 5.69 Å². The second kappa shape index (κ2) is 6.53. The highest BCUT2D eigenvalue weighted by molar-refractivity contribution is 5.83. The summed E-state index contributed by atoms with van der Waals surface area (Å²) in [4.78, 5) is 26.3. The van der Waals surface area contributed by atoms with E-state index in [1.54, 1.807) is 35.0 Å². The summed E-state index contributed by atoms with van der Waals surface area (Å²) in [5.41, 5.74) is 6.12. The summed E-state index contributed by atoms with van der Waals surface area (Å²) in [6, 6.07) is 6.52. The second-order valence-electron chi connectivity index (χ2n) is 5.22. The molecular formula is C14H20N4O3. The minimum atomic E-state index is -0.436. The van der Waals surface area contributed by atoms with Crippen LogP contribution in [0.3, 0.4) is 0 Å². The van der Waals surface area contributed by atoms with E-state index in [2.05, 4.69) is 0 Å². The number of carbonyl (C=O) groups is 1. The average Bonchev–Trinajstić information content (AvgIpc) is 2.95. The summed E-state index contributed by atoms with van der Waals surface area (Å²) in [6.45, 7) is 1.29. The molecule has 1 unspecified atom stereocenters. The van der Waals surface area contributed by atoms with Gasteiger partial charge < -0.3 is 15.5 Å². The highest BCUT2D eigenvalue weighted by Gasteiger charge is 2.28. The first-order chi connectivity index (χ1) is 10.0. The van der Waals surface area contributed by atoms with Crippen LogP contribution in [0.4, 0.5) is 11.4 Å². The largest absolute Gasteiger partial charge is 0.360 e. The molecule has 0 aliphatic carbocycles. The van der Waals surface area contributed by atoms with Gasteiger partial charge in [-0.1, -0.05) is 12.1 Å². The van der Waals surface area contributed by atoms with Crippen LogP contribution in [0.25, 0.3) is 0 Å². The molecule has 1 saturated heterocycles. The van der Waals surface area contributed by atoms with Crippen molar-refractivity contribution in [2.45, 2.75) is 18.9 Å². The number of rotatable bonds is 5. The van der Waals surface area contributed by atoms with E-state index < -0.39 is 4.92 Å². The standard InChI is InChI=1S/C14H20N4O3/c1-16(12-6-2-3-7-13(12)18(20)21)10-14(19)17-8-4-5-11(17)9-15/h2-3,6-7,11H,4-5,8-10,15H2,1H3. The molecule has 1 atom stereocenters. The van der Waals surface area contributed by atoms with Gasteiger partial charge in [0.15, 0.2) is 0 Å². The fourth-order valence-electron chi connectivity index (χ4n) is 2.73. The average molecular weight is 292 g/mol. The first kappa shape index (κ1) is 15.2. The van der Waals surface area contributed by atoms with Crippen LogP contribution in [0.1, 0.15) is 12.8 Å². The van der Waals surface area contributed by atoms with E-state index >= 15 is 0 Å². The van der Waals surface area contributed by atoms with Crippen LogP contribution in [-0.4, -0.2) is 48.5 Å². The van der Waals surface area contributed by atoms with Crippen molar-refractivity contribution in [3.05, 3.63) is 34.4 Å². The highest BCUT2D eigenvalue weighted by Crippen LogP contribution is 2.27. The third-order valence-corrected chi connectivity index (χ3v) is 3.83. The minimum absolute atomic E-state index is 0.00426. The topological polar surface area (TPSA) is 92.7 Å². The van der Waals surface area contributed by atoms with E-state index in [1.165, 1.54) is 6.07 Å². The third kappa shape index (κ3) is 3.30. The fourth-order valence-corrected chi connectivity index (χ4v) is 2.73. The van der Waals surface area contributed by atoms with Crippen molar-refractivity contribution in [2.75, 3.05) is 31.6 Å². The SMILES string of the molecule is CN(CC(=O)N1CCCC1CN)c1ccccc1[N+](=O)[O-]. The Morgan fingerprint density at radius 2 is 2.24 bits per heavy atom. The molecule has 114 valence electrons. The highest BCUT2D eigenvalue weighted by atomic mass is 16.6. The number of likely N-dealkylation sites (tertiary alicyclic amines) is 1. The lowest BCUT2D eigenvalue weighted by atomic mass is 10.2. The van der Waals surface area contributed by atoms with Crippen molar-refractivity contribution < 1.29 is 9.72 Å². The Morgan fingerprint density at radius 1 is 1.52 bits per heavy atom. The van der Waals surface area contributed by atoms with Crippen molar-refractivity contribution >= 4 is 17.3 Å². The maximum atomic E-state index is 12.3. The van der Waals surface area contributed by atoms with Crippen LogP contribution in [0, 0.1) is 10.1 Å². The van der Waals surface area contributed by atoms with Crippen molar-refractivity contribution in [3.63, 3.8) is 0 Å². The molecule has 0 spiro atoms. The van der Waals surface area contributed by atoms with Crippen LogP contribution in [0.5, 0.6) is 0 Å². The zero-order chi connectivity index (χ0) is 15.4. The van der Waals surface area contributed by atoms with Gasteiger partial charge in [-0.25, -0.2) is 0 Å². The number of hydrogen-bond donors (Lipinski definition) is 1. The number of likely N-dealkylation sites (N-methyl/N-ethyl adjacent to an activating group) is 1. The Hall–Kier alpha value is -2.15. The second-order valence-corrected chi connectivity index (χ2v) is 5.22. The van der Waals surface area contributed by atoms with Crippen LogP contribution in [0.15, 0.2) is 24.3 Å². The molecule has 1 aliphatic rings. The Labute approximate surface area is 123 Å². The molecule has 1 amide bonds. The number of nitrogens with zero attached hydrogens (tertiary/aromatic N) is 3. The van der Waals surface area contributed by atoms with Gasteiger partial charge in [-0.2, -0.15) is 0 Å². The summed E-state index contributed by atoms with van der Waals surface area (Å²) in [5.74, 6) is -0.0383. The van der Waals surface area contributed by atoms with Crippen LogP contribution in [-0.2, 0) is 4.79 Å². The van der Waals surface area contributed by atoms with Crippen molar-refractivity contribution in [1.82, 2.24) is 4.90 Å². The maximum absolute atomic E-state index is 12.3. The van der Waals surface area contributed by atoms with Gasteiger partial charge in [-0.15, -0.1) is 0 Å². The smallest absolute Gasteiger partial charge is 0.292 e. The summed E-state index contributed by atoms with van der Waals surface area (Å²) in [6.07, 6.45) is 1.89.